The molecular formula is C19H22N2O2. The van der Waals surface area contributed by atoms with Gasteiger partial charge in [-0.15, -0.1) is 0 Å². The van der Waals surface area contributed by atoms with Gasteiger partial charge >= 0.3 is 0 Å². The Morgan fingerprint density at radius 2 is 1.78 bits per heavy atom. The first-order valence-electron chi connectivity index (χ1n) is 7.96. The molecule has 3 rings (SSSR count). The number of para-hydroxylation sites is 1. The summed E-state index contributed by atoms with van der Waals surface area (Å²) >= 11 is 0. The highest BCUT2D eigenvalue weighted by atomic mass is 16.5. The van der Waals surface area contributed by atoms with E-state index in [0.29, 0.717) is 0 Å². The zero-order valence-electron chi connectivity index (χ0n) is 13.3. The van der Waals surface area contributed by atoms with Gasteiger partial charge in [-0.25, -0.2) is 0 Å². The van der Waals surface area contributed by atoms with Crippen LogP contribution >= 0.6 is 0 Å². The van der Waals surface area contributed by atoms with Gasteiger partial charge in [-0.1, -0.05) is 48.5 Å². The number of amides is 1. The van der Waals surface area contributed by atoms with Crippen molar-refractivity contribution in [2.75, 3.05) is 25.1 Å². The summed E-state index contributed by atoms with van der Waals surface area (Å²) in [6.45, 7) is 1.79. The van der Waals surface area contributed by atoms with Crippen molar-refractivity contribution in [3.8, 4) is 0 Å². The third kappa shape index (κ3) is 3.71. The maximum Gasteiger partial charge on any atom is 0.254 e. The van der Waals surface area contributed by atoms with Crippen LogP contribution in [0, 0.1) is 0 Å². The van der Waals surface area contributed by atoms with Crippen LogP contribution in [0.15, 0.2) is 60.7 Å². The molecule has 4 heteroatoms. The molecule has 1 heterocycles. The first-order chi connectivity index (χ1) is 11.3. The lowest BCUT2D eigenvalue weighted by Crippen LogP contribution is -2.40. The van der Waals surface area contributed by atoms with Crippen molar-refractivity contribution >= 4 is 11.6 Å². The number of carbonyl (C=O) groups is 1. The minimum atomic E-state index is -0.554. The number of nitrogens with zero attached hydrogens (tertiary/aromatic N) is 1. The van der Waals surface area contributed by atoms with E-state index in [9.17, 15) is 4.79 Å². The lowest BCUT2D eigenvalue weighted by molar-refractivity contribution is -0.132. The van der Waals surface area contributed by atoms with Crippen molar-refractivity contribution in [3.63, 3.8) is 0 Å². The fourth-order valence-corrected chi connectivity index (χ4v) is 3.05. The molecule has 4 nitrogen and oxygen atoms in total. The molecule has 0 radical (unpaired) electrons. The molecule has 2 aromatic rings. The normalized spacial score (nSPS) is 18.7. The van der Waals surface area contributed by atoms with Crippen molar-refractivity contribution < 1.29 is 9.53 Å². The standard InChI is InChI=1S/C19H22N2O2/c1-23-18(15-8-4-2-5-9-15)19(22)20-16-12-13-21(14-16)17-10-6-3-7-11-17/h2-11,16,18H,12-14H2,1H3,(H,20,22). The average molecular weight is 310 g/mol. The van der Waals surface area contributed by atoms with E-state index in [1.54, 1.807) is 7.11 Å². The average Bonchev–Trinajstić information content (AvgIpc) is 3.06. The number of rotatable bonds is 5. The van der Waals surface area contributed by atoms with Gasteiger partial charge < -0.3 is 15.0 Å². The van der Waals surface area contributed by atoms with E-state index in [4.69, 9.17) is 4.74 Å². The number of carbonyl (C=O) groups excluding carboxylic acids is 1. The second-order valence-corrected chi connectivity index (χ2v) is 5.80. The summed E-state index contributed by atoms with van der Waals surface area (Å²) in [6.07, 6.45) is 0.397. The topological polar surface area (TPSA) is 41.6 Å². The minimum absolute atomic E-state index is 0.0707. The summed E-state index contributed by atoms with van der Waals surface area (Å²) in [6, 6.07) is 20.1. The molecule has 1 saturated heterocycles. The summed E-state index contributed by atoms with van der Waals surface area (Å²) in [4.78, 5) is 14.8. The van der Waals surface area contributed by atoms with Gasteiger partial charge in [0.25, 0.3) is 5.91 Å². The van der Waals surface area contributed by atoms with Crippen molar-refractivity contribution in [1.82, 2.24) is 5.32 Å². The van der Waals surface area contributed by atoms with Crippen LogP contribution in [0.5, 0.6) is 0 Å². The molecule has 2 atom stereocenters. The molecule has 23 heavy (non-hydrogen) atoms. The Bertz CT molecular complexity index is 630. The molecule has 120 valence electrons. The quantitative estimate of drug-likeness (QED) is 0.923. The number of hydrogen-bond donors (Lipinski definition) is 1. The Morgan fingerprint density at radius 1 is 1.13 bits per heavy atom. The Kier molecular flexibility index (Phi) is 4.93. The number of benzene rings is 2. The molecule has 0 aromatic heterocycles. The zero-order valence-corrected chi connectivity index (χ0v) is 13.3. The van der Waals surface area contributed by atoms with Crippen LogP contribution in [0.3, 0.4) is 0 Å². The lowest BCUT2D eigenvalue weighted by Gasteiger charge is -2.21. The van der Waals surface area contributed by atoms with Gasteiger partial charge in [-0.3, -0.25) is 4.79 Å². The number of nitrogens with one attached hydrogen (secondary N) is 1. The second kappa shape index (κ2) is 7.29. The highest BCUT2D eigenvalue weighted by molar-refractivity contribution is 5.82. The molecular weight excluding hydrogens is 288 g/mol. The predicted molar refractivity (Wildman–Crippen MR) is 91.4 cm³/mol. The Labute approximate surface area is 137 Å². The number of anilines is 1. The molecule has 1 amide bonds. The van der Waals surface area contributed by atoms with Gasteiger partial charge in [0.2, 0.25) is 0 Å². The third-order valence-corrected chi connectivity index (χ3v) is 4.23. The molecule has 1 N–H and O–H groups in total. The number of methoxy groups -OCH3 is 1. The first-order valence-corrected chi connectivity index (χ1v) is 7.96. The first kappa shape index (κ1) is 15.6. The van der Waals surface area contributed by atoms with Crippen LogP contribution in [0.4, 0.5) is 5.69 Å². The Morgan fingerprint density at radius 3 is 2.43 bits per heavy atom. The second-order valence-electron chi connectivity index (χ2n) is 5.80. The van der Waals surface area contributed by atoms with Crippen LogP contribution < -0.4 is 10.2 Å². The smallest absolute Gasteiger partial charge is 0.254 e. The van der Waals surface area contributed by atoms with E-state index in [1.165, 1.54) is 5.69 Å². The number of ether oxygens (including phenoxy) is 1. The van der Waals surface area contributed by atoms with Crippen LogP contribution in [0.2, 0.25) is 0 Å². The molecule has 1 aliphatic rings. The molecule has 0 aliphatic carbocycles. The van der Waals surface area contributed by atoms with Gasteiger partial charge in [-0.2, -0.15) is 0 Å². The largest absolute Gasteiger partial charge is 0.369 e. The van der Waals surface area contributed by atoms with Gasteiger partial charge in [0.15, 0.2) is 6.10 Å². The van der Waals surface area contributed by atoms with Crippen molar-refractivity contribution in [1.29, 1.82) is 0 Å². The monoisotopic (exact) mass is 310 g/mol. The van der Waals surface area contributed by atoms with Crippen molar-refractivity contribution in [3.05, 3.63) is 66.2 Å². The summed E-state index contributed by atoms with van der Waals surface area (Å²) < 4.78 is 5.39. The lowest BCUT2D eigenvalue weighted by atomic mass is 10.1. The Hall–Kier alpha value is -2.33. The predicted octanol–water partition coefficient (Wildman–Crippen LogP) is 2.77. The molecule has 1 fully saturated rings. The van der Waals surface area contributed by atoms with Gasteiger partial charge in [-0.05, 0) is 24.1 Å². The maximum absolute atomic E-state index is 12.5. The molecule has 1 aliphatic heterocycles. The summed E-state index contributed by atoms with van der Waals surface area (Å²) in [5.41, 5.74) is 2.08. The van der Waals surface area contributed by atoms with Crippen LogP contribution in [-0.4, -0.2) is 32.1 Å². The van der Waals surface area contributed by atoms with E-state index in [-0.39, 0.29) is 11.9 Å². The minimum Gasteiger partial charge on any atom is -0.369 e. The highest BCUT2D eigenvalue weighted by Crippen LogP contribution is 2.21. The van der Waals surface area contributed by atoms with Crippen LogP contribution in [0.25, 0.3) is 0 Å². The fourth-order valence-electron chi connectivity index (χ4n) is 3.05. The van der Waals surface area contributed by atoms with Gasteiger partial charge in [0.1, 0.15) is 0 Å². The molecule has 0 bridgehead atoms. The summed E-state index contributed by atoms with van der Waals surface area (Å²) in [5, 5.41) is 3.12. The zero-order chi connectivity index (χ0) is 16.1. The van der Waals surface area contributed by atoms with E-state index < -0.39 is 6.10 Å². The molecule has 0 spiro atoms. The molecule has 2 unspecified atom stereocenters. The summed E-state index contributed by atoms with van der Waals surface area (Å²) in [5.74, 6) is -0.0707. The summed E-state index contributed by atoms with van der Waals surface area (Å²) in [7, 11) is 1.57. The number of hydrogen-bond acceptors (Lipinski definition) is 3. The molecule has 0 saturated carbocycles. The van der Waals surface area contributed by atoms with Crippen LogP contribution in [0.1, 0.15) is 18.1 Å². The molecule has 2 aromatic carbocycles. The van der Waals surface area contributed by atoms with Gasteiger partial charge in [0, 0.05) is 31.9 Å². The highest BCUT2D eigenvalue weighted by Gasteiger charge is 2.27. The third-order valence-electron chi connectivity index (χ3n) is 4.23. The van der Waals surface area contributed by atoms with E-state index in [0.717, 1.165) is 25.1 Å². The van der Waals surface area contributed by atoms with Gasteiger partial charge in [0.05, 0.1) is 0 Å². The Balaban J connectivity index is 1.60. The maximum atomic E-state index is 12.5. The van der Waals surface area contributed by atoms with Crippen molar-refractivity contribution in [2.24, 2.45) is 0 Å². The van der Waals surface area contributed by atoms with Crippen molar-refractivity contribution in [2.45, 2.75) is 18.6 Å². The van der Waals surface area contributed by atoms with E-state index in [1.807, 2.05) is 48.5 Å². The SMILES string of the molecule is COC(C(=O)NC1CCN(c2ccccc2)C1)c1ccccc1. The van der Waals surface area contributed by atoms with Crippen LogP contribution in [-0.2, 0) is 9.53 Å². The fraction of sp³-hybridized carbons (Fsp3) is 0.316. The van der Waals surface area contributed by atoms with E-state index >= 15 is 0 Å². The van der Waals surface area contributed by atoms with E-state index in [2.05, 4.69) is 22.3 Å².